The van der Waals surface area contributed by atoms with Crippen LogP contribution in [0.25, 0.3) is 11.1 Å². The summed E-state index contributed by atoms with van der Waals surface area (Å²) in [5, 5.41) is 6.96. The fraction of sp³-hybridized carbons (Fsp3) is 0.435. The van der Waals surface area contributed by atoms with Crippen molar-refractivity contribution in [2.75, 3.05) is 38.5 Å². The van der Waals surface area contributed by atoms with E-state index in [0.717, 1.165) is 54.6 Å². The van der Waals surface area contributed by atoms with E-state index in [9.17, 15) is 33.2 Å². The molecule has 2 atom stereocenters. The second-order valence-electron chi connectivity index (χ2n) is 16.9. The molecule has 4 aliphatic heterocycles. The van der Waals surface area contributed by atoms with Crippen molar-refractivity contribution in [2.24, 2.45) is 5.92 Å². The Labute approximate surface area is 384 Å². The molecule has 0 spiro atoms. The minimum Gasteiger partial charge on any atom is -0.493 e. The van der Waals surface area contributed by atoms with Gasteiger partial charge < -0.3 is 25.0 Å². The number of hydrogen-bond donors (Lipinski definition) is 2. The molecule has 65 heavy (non-hydrogen) atoms. The van der Waals surface area contributed by atoms with Gasteiger partial charge >= 0.3 is 0 Å². The number of nitrogens with two attached hydrogens (primary N) is 1. The fourth-order valence-electron chi connectivity index (χ4n) is 8.86. The molecular formula is C46H49Cl2FN8O8. The fourth-order valence-corrected chi connectivity index (χ4v) is 9.54. The number of nitrogens with one attached hydrogen (secondary N) is 1. The number of pyridine rings is 1. The van der Waals surface area contributed by atoms with Gasteiger partial charge in [-0.1, -0.05) is 48.5 Å². The van der Waals surface area contributed by atoms with Crippen LogP contribution in [0, 0.1) is 11.7 Å². The van der Waals surface area contributed by atoms with Gasteiger partial charge in [0.25, 0.3) is 11.8 Å². The van der Waals surface area contributed by atoms with Crippen molar-refractivity contribution in [2.45, 2.75) is 89.3 Å². The Kier molecular flexibility index (Phi) is 13.7. The molecule has 8 rings (SSSR count). The molecule has 342 valence electrons. The summed E-state index contributed by atoms with van der Waals surface area (Å²) in [7, 11) is 0. The monoisotopic (exact) mass is 930 g/mol. The number of unbranched alkanes of at least 4 members (excludes halogenated alkanes) is 4. The van der Waals surface area contributed by atoms with Crippen LogP contribution in [0.4, 0.5) is 10.2 Å². The predicted octanol–water partition coefficient (Wildman–Crippen LogP) is 6.56. The summed E-state index contributed by atoms with van der Waals surface area (Å²) in [5.74, 6) is -2.22. The number of halogens is 3. The summed E-state index contributed by atoms with van der Waals surface area (Å²) in [6.45, 7) is 4.07. The maximum absolute atomic E-state index is 14.2. The lowest BCUT2D eigenvalue weighted by Crippen LogP contribution is -2.57. The molecule has 2 aromatic carbocycles. The standard InChI is InChI=1S/C46H49Cl2FN8O8/c1-26(39-32(47)11-12-33(49)41(39)48)65-36-20-27(21-51-42(36)50)28-22-52-56(25-28)30-15-17-54(18-16-30)44(61)29-23-55(24-29)38(59)10-5-3-2-4-6-19-64-35-9-7-8-31-40(35)46(63)57(45(31)62)34-13-14-37(58)53-43(34)60/h7-9,11-12,20-22,25-26,29-30,34H,2-6,10,13-19,23-24H2,1H3,(H2,50,51)(H,53,58,60). The third-order valence-corrected chi connectivity index (χ3v) is 13.3. The molecule has 0 radical (unpaired) electrons. The number of hydrogen-bond acceptors (Lipinski definition) is 11. The number of carbonyl (C=O) groups is 6. The van der Waals surface area contributed by atoms with Crippen molar-refractivity contribution >= 4 is 64.5 Å². The smallest absolute Gasteiger partial charge is 0.266 e. The van der Waals surface area contributed by atoms with Gasteiger partial charge in [0, 0.05) is 73.1 Å². The van der Waals surface area contributed by atoms with E-state index in [1.54, 1.807) is 42.4 Å². The third kappa shape index (κ3) is 9.66. The molecule has 4 aromatic rings. The van der Waals surface area contributed by atoms with E-state index < -0.39 is 41.6 Å². The molecule has 3 fully saturated rings. The van der Waals surface area contributed by atoms with Crippen LogP contribution in [0.1, 0.15) is 110 Å². The lowest BCUT2D eigenvalue weighted by molar-refractivity contribution is -0.149. The predicted molar refractivity (Wildman–Crippen MR) is 237 cm³/mol. The summed E-state index contributed by atoms with van der Waals surface area (Å²) >= 11 is 12.5. The maximum atomic E-state index is 14.2. The second kappa shape index (κ2) is 19.6. The summed E-state index contributed by atoms with van der Waals surface area (Å²) in [6, 6.07) is 8.20. The molecule has 2 unspecified atom stereocenters. The van der Waals surface area contributed by atoms with Gasteiger partial charge in [0.1, 0.15) is 23.7 Å². The number of nitrogens with zero attached hydrogens (tertiary/aromatic N) is 6. The van der Waals surface area contributed by atoms with Gasteiger partial charge in [0.05, 0.1) is 40.9 Å². The first-order chi connectivity index (χ1) is 31.3. The minimum absolute atomic E-state index is 0.0461. The molecule has 0 saturated carbocycles. The van der Waals surface area contributed by atoms with Crippen molar-refractivity contribution in [3.05, 3.63) is 87.5 Å². The van der Waals surface area contributed by atoms with Crippen LogP contribution < -0.4 is 20.5 Å². The van der Waals surface area contributed by atoms with Gasteiger partial charge in [-0.15, -0.1) is 0 Å². The van der Waals surface area contributed by atoms with Gasteiger partial charge in [0.15, 0.2) is 11.6 Å². The minimum atomic E-state index is -1.04. The number of aromatic nitrogens is 3. The average Bonchev–Trinajstić information content (AvgIpc) is 3.86. The number of amides is 6. The van der Waals surface area contributed by atoms with Crippen molar-refractivity contribution in [1.29, 1.82) is 0 Å². The zero-order chi connectivity index (χ0) is 45.9. The Morgan fingerprint density at radius 2 is 1.68 bits per heavy atom. The average molecular weight is 932 g/mol. The maximum Gasteiger partial charge on any atom is 0.266 e. The van der Waals surface area contributed by atoms with E-state index in [2.05, 4.69) is 15.4 Å². The van der Waals surface area contributed by atoms with Gasteiger partial charge in [-0.25, -0.2) is 9.37 Å². The highest BCUT2D eigenvalue weighted by Gasteiger charge is 2.46. The molecular weight excluding hydrogens is 882 g/mol. The lowest BCUT2D eigenvalue weighted by Gasteiger charge is -2.42. The highest BCUT2D eigenvalue weighted by molar-refractivity contribution is 6.36. The number of rotatable bonds is 16. The van der Waals surface area contributed by atoms with E-state index in [1.807, 2.05) is 15.8 Å². The van der Waals surface area contributed by atoms with Crippen LogP contribution in [0.15, 0.2) is 55.0 Å². The molecule has 3 saturated heterocycles. The van der Waals surface area contributed by atoms with Crippen LogP contribution in [0.3, 0.4) is 0 Å². The van der Waals surface area contributed by atoms with Crippen molar-refractivity contribution in [3.8, 4) is 22.6 Å². The topological polar surface area (TPSA) is 199 Å². The number of carbonyl (C=O) groups excluding carboxylic acids is 6. The van der Waals surface area contributed by atoms with Gasteiger partial charge in [-0.3, -0.25) is 43.7 Å². The number of piperidine rings is 2. The molecule has 3 N–H and O–H groups in total. The highest BCUT2D eigenvalue weighted by Crippen LogP contribution is 2.38. The Hall–Kier alpha value is -6.07. The van der Waals surface area contributed by atoms with Crippen LogP contribution in [0.5, 0.6) is 11.5 Å². The van der Waals surface area contributed by atoms with Crippen molar-refractivity contribution in [3.63, 3.8) is 0 Å². The largest absolute Gasteiger partial charge is 0.493 e. The first-order valence-corrected chi connectivity index (χ1v) is 22.7. The first-order valence-electron chi connectivity index (χ1n) is 21.9. The van der Waals surface area contributed by atoms with Gasteiger partial charge in [-0.2, -0.15) is 5.10 Å². The number of likely N-dealkylation sites (tertiary alicyclic amines) is 2. The highest BCUT2D eigenvalue weighted by atomic mass is 35.5. The molecule has 6 amide bonds. The SMILES string of the molecule is CC(Oc1cc(-c2cnn(C3CCN(C(=O)C4CN(C(=O)CCCCCCCOc5cccc6c5C(=O)N(C5CCC(=O)NC5=O)C6=O)C4)CC3)c2)cnc1N)c1c(Cl)ccc(F)c1Cl. The molecule has 0 aliphatic carbocycles. The van der Waals surface area contributed by atoms with E-state index >= 15 is 0 Å². The third-order valence-electron chi connectivity index (χ3n) is 12.6. The van der Waals surface area contributed by atoms with E-state index in [1.165, 1.54) is 18.2 Å². The Morgan fingerprint density at radius 1 is 0.923 bits per heavy atom. The number of fused-ring (bicyclic) bond motifs is 1. The van der Waals surface area contributed by atoms with E-state index in [4.69, 9.17) is 38.4 Å². The second-order valence-corrected chi connectivity index (χ2v) is 17.7. The molecule has 4 aliphatic rings. The van der Waals surface area contributed by atoms with Crippen LogP contribution in [-0.2, 0) is 19.2 Å². The summed E-state index contributed by atoms with van der Waals surface area (Å²) in [5.41, 5.74) is 8.27. The van der Waals surface area contributed by atoms with E-state index in [-0.39, 0.29) is 75.1 Å². The summed E-state index contributed by atoms with van der Waals surface area (Å²) in [6.07, 6.45) is 10.6. The summed E-state index contributed by atoms with van der Waals surface area (Å²) < 4.78 is 28.1. The van der Waals surface area contributed by atoms with Crippen LogP contribution in [0.2, 0.25) is 10.0 Å². The van der Waals surface area contributed by atoms with Gasteiger partial charge in [0.2, 0.25) is 23.6 Å². The van der Waals surface area contributed by atoms with Crippen molar-refractivity contribution < 1.29 is 42.6 Å². The Bertz CT molecular complexity index is 2520. The zero-order valence-corrected chi connectivity index (χ0v) is 37.3. The summed E-state index contributed by atoms with van der Waals surface area (Å²) in [4.78, 5) is 85.4. The van der Waals surface area contributed by atoms with Crippen LogP contribution in [-0.4, -0.2) is 104 Å². The number of benzene rings is 2. The molecule has 16 nitrogen and oxygen atoms in total. The Balaban J connectivity index is 0.713. The normalized spacial score (nSPS) is 18.4. The molecule has 0 bridgehead atoms. The Morgan fingerprint density at radius 3 is 2.45 bits per heavy atom. The zero-order valence-electron chi connectivity index (χ0n) is 35.8. The quantitative estimate of drug-likeness (QED) is 0.0701. The van der Waals surface area contributed by atoms with Crippen LogP contribution >= 0.6 is 23.2 Å². The number of imide groups is 2. The van der Waals surface area contributed by atoms with Gasteiger partial charge in [-0.05, 0) is 69.4 Å². The molecule has 6 heterocycles. The van der Waals surface area contributed by atoms with E-state index in [0.29, 0.717) is 51.2 Å². The number of ether oxygens (including phenoxy) is 2. The number of anilines is 1. The number of nitrogen functional groups attached to an aromatic ring is 1. The van der Waals surface area contributed by atoms with Crippen molar-refractivity contribution in [1.82, 2.24) is 34.8 Å². The molecule has 19 heteroatoms. The first kappa shape index (κ1) is 45.5. The molecule has 2 aromatic heterocycles. The lowest BCUT2D eigenvalue weighted by atomic mass is 9.95.